The number of nitrogens with zero attached hydrogens (tertiary/aromatic N) is 2. The highest BCUT2D eigenvalue weighted by atomic mass is 32.1. The molecule has 0 radical (unpaired) electrons. The van der Waals surface area contributed by atoms with Crippen molar-refractivity contribution in [2.75, 3.05) is 32.9 Å². The van der Waals surface area contributed by atoms with Crippen molar-refractivity contribution >= 4 is 23.2 Å². The lowest BCUT2D eigenvalue weighted by Gasteiger charge is -2.43. The lowest BCUT2D eigenvalue weighted by Crippen LogP contribution is -2.53. The predicted molar refractivity (Wildman–Crippen MR) is 141 cm³/mol. The minimum atomic E-state index is -0.539. The molecule has 2 aliphatic heterocycles. The number of hydrogen-bond donors (Lipinski definition) is 3. The average molecular weight is 526 g/mol. The summed E-state index contributed by atoms with van der Waals surface area (Å²) in [4.78, 5) is 33.7. The third-order valence-corrected chi connectivity index (χ3v) is 8.12. The van der Waals surface area contributed by atoms with Crippen LogP contribution in [-0.4, -0.2) is 66.7 Å². The second-order valence-corrected chi connectivity index (χ2v) is 10.6. The van der Waals surface area contributed by atoms with E-state index in [1.165, 1.54) is 0 Å². The van der Waals surface area contributed by atoms with Gasteiger partial charge >= 0.3 is 0 Å². The highest BCUT2D eigenvalue weighted by Crippen LogP contribution is 2.43. The van der Waals surface area contributed by atoms with Crippen LogP contribution in [-0.2, 0) is 20.7 Å². The Balaban J connectivity index is 1.52. The van der Waals surface area contributed by atoms with Gasteiger partial charge in [0.15, 0.2) is 0 Å². The van der Waals surface area contributed by atoms with Crippen molar-refractivity contribution in [1.29, 1.82) is 0 Å². The van der Waals surface area contributed by atoms with Gasteiger partial charge in [0.2, 0.25) is 5.91 Å². The maximum absolute atomic E-state index is 14.1. The SMILES string of the molecule is NCCOCCOc1ccccc1[C@@H]1C2=C(CNC2=O)NC2CCCCC2N1C(=O)CCc1nccs1. The lowest BCUT2D eigenvalue weighted by atomic mass is 9.87. The van der Waals surface area contributed by atoms with Crippen molar-refractivity contribution in [3.63, 3.8) is 0 Å². The number of benzene rings is 1. The van der Waals surface area contributed by atoms with Crippen molar-refractivity contribution in [2.24, 2.45) is 5.73 Å². The Labute approximate surface area is 221 Å². The third-order valence-electron chi connectivity index (χ3n) is 7.28. The number of hydrogen-bond acceptors (Lipinski definition) is 8. The molecule has 1 fully saturated rings. The fourth-order valence-electron chi connectivity index (χ4n) is 5.67. The summed E-state index contributed by atoms with van der Waals surface area (Å²) >= 11 is 1.56. The van der Waals surface area contributed by atoms with E-state index in [0.29, 0.717) is 57.1 Å². The van der Waals surface area contributed by atoms with Gasteiger partial charge in [0.1, 0.15) is 12.4 Å². The number of para-hydroxylation sites is 1. The topological polar surface area (TPSA) is 119 Å². The van der Waals surface area contributed by atoms with Gasteiger partial charge in [-0.3, -0.25) is 9.59 Å². The standard InChI is InChI=1S/C27H35N5O4S/c28-11-13-35-14-15-36-22-8-4-1-5-18(22)26-25-20(17-30-27(25)34)31-19-6-2-3-7-21(19)32(26)24(33)10-9-23-29-12-16-37-23/h1,4-5,8,12,16,19,21,26,31H,2-3,6-7,9-11,13-15,17,28H2,(H,30,34)/t19?,21?,26-/m1/s1. The number of amides is 2. The quantitative estimate of drug-likeness (QED) is 0.407. The first-order valence-electron chi connectivity index (χ1n) is 13.1. The first-order valence-corrected chi connectivity index (χ1v) is 14.0. The molecular weight excluding hydrogens is 490 g/mol. The van der Waals surface area contributed by atoms with E-state index < -0.39 is 6.04 Å². The molecule has 2 unspecified atom stereocenters. The van der Waals surface area contributed by atoms with Crippen molar-refractivity contribution in [3.05, 3.63) is 57.7 Å². The molecule has 37 heavy (non-hydrogen) atoms. The van der Waals surface area contributed by atoms with Gasteiger partial charge in [-0.2, -0.15) is 0 Å². The summed E-state index contributed by atoms with van der Waals surface area (Å²) < 4.78 is 11.6. The Bertz CT molecular complexity index is 1120. The number of ether oxygens (including phenoxy) is 2. The third kappa shape index (κ3) is 5.66. The summed E-state index contributed by atoms with van der Waals surface area (Å²) in [5.41, 5.74) is 7.85. The van der Waals surface area contributed by atoms with E-state index in [1.807, 2.05) is 34.5 Å². The molecule has 3 heterocycles. The van der Waals surface area contributed by atoms with Gasteiger partial charge in [0.25, 0.3) is 5.91 Å². The second-order valence-electron chi connectivity index (χ2n) is 9.59. The van der Waals surface area contributed by atoms with Crippen molar-refractivity contribution in [1.82, 2.24) is 20.5 Å². The van der Waals surface area contributed by atoms with Gasteiger partial charge in [0.05, 0.1) is 42.4 Å². The number of rotatable bonds is 10. The molecule has 0 saturated heterocycles. The normalized spacial score (nSPS) is 23.1. The zero-order chi connectivity index (χ0) is 25.6. The first kappa shape index (κ1) is 25.7. The molecule has 1 aromatic carbocycles. The van der Waals surface area contributed by atoms with E-state index in [-0.39, 0.29) is 23.9 Å². The summed E-state index contributed by atoms with van der Waals surface area (Å²) in [6, 6.07) is 7.29. The van der Waals surface area contributed by atoms with E-state index in [0.717, 1.165) is 42.0 Å². The zero-order valence-corrected chi connectivity index (χ0v) is 21.8. The number of fused-ring (bicyclic) bond motifs is 1. The van der Waals surface area contributed by atoms with Gasteiger partial charge < -0.3 is 30.7 Å². The van der Waals surface area contributed by atoms with Crippen LogP contribution in [0.2, 0.25) is 0 Å². The van der Waals surface area contributed by atoms with E-state index in [1.54, 1.807) is 17.5 Å². The largest absolute Gasteiger partial charge is 0.491 e. The van der Waals surface area contributed by atoms with Gasteiger partial charge in [-0.25, -0.2) is 4.98 Å². The van der Waals surface area contributed by atoms with Gasteiger partial charge in [-0.15, -0.1) is 11.3 Å². The minimum Gasteiger partial charge on any atom is -0.491 e. The lowest BCUT2D eigenvalue weighted by molar-refractivity contribution is -0.137. The van der Waals surface area contributed by atoms with Crippen LogP contribution in [0, 0.1) is 0 Å². The number of thiazole rings is 1. The number of nitrogens with one attached hydrogen (secondary N) is 2. The molecule has 198 valence electrons. The second kappa shape index (κ2) is 12.1. The summed E-state index contributed by atoms with van der Waals surface area (Å²) in [6.07, 6.45) is 6.72. The Morgan fingerprint density at radius 3 is 2.89 bits per heavy atom. The van der Waals surface area contributed by atoms with Crippen LogP contribution < -0.4 is 21.1 Å². The Kier molecular flexibility index (Phi) is 8.38. The molecule has 4 N–H and O–H groups in total. The molecular formula is C27H35N5O4S. The van der Waals surface area contributed by atoms with Crippen LogP contribution in [0.3, 0.4) is 0 Å². The van der Waals surface area contributed by atoms with E-state index >= 15 is 0 Å². The number of carbonyl (C=O) groups excluding carboxylic acids is 2. The number of aryl methyl sites for hydroxylation is 1. The van der Waals surface area contributed by atoms with Crippen LogP contribution in [0.5, 0.6) is 5.75 Å². The Morgan fingerprint density at radius 1 is 1.19 bits per heavy atom. The molecule has 5 rings (SSSR count). The maximum atomic E-state index is 14.1. The molecule has 2 amide bonds. The number of nitrogens with two attached hydrogens (primary N) is 1. The Morgan fingerprint density at radius 2 is 2.05 bits per heavy atom. The van der Waals surface area contributed by atoms with E-state index in [4.69, 9.17) is 15.2 Å². The van der Waals surface area contributed by atoms with Crippen LogP contribution >= 0.6 is 11.3 Å². The van der Waals surface area contributed by atoms with Gasteiger partial charge in [-0.05, 0) is 18.9 Å². The number of aromatic nitrogens is 1. The van der Waals surface area contributed by atoms with Crippen LogP contribution in [0.15, 0.2) is 47.1 Å². The van der Waals surface area contributed by atoms with Crippen molar-refractivity contribution in [2.45, 2.75) is 56.7 Å². The molecule has 1 saturated carbocycles. The monoisotopic (exact) mass is 525 g/mol. The van der Waals surface area contributed by atoms with Gasteiger partial charge in [-0.1, -0.05) is 31.0 Å². The zero-order valence-electron chi connectivity index (χ0n) is 21.0. The minimum absolute atomic E-state index is 0.0121. The van der Waals surface area contributed by atoms with Crippen LogP contribution in [0.4, 0.5) is 0 Å². The highest BCUT2D eigenvalue weighted by molar-refractivity contribution is 7.09. The highest BCUT2D eigenvalue weighted by Gasteiger charge is 2.46. The van der Waals surface area contributed by atoms with Crippen LogP contribution in [0.25, 0.3) is 0 Å². The molecule has 3 atom stereocenters. The van der Waals surface area contributed by atoms with Gasteiger partial charge in [0, 0.05) is 48.3 Å². The average Bonchev–Trinajstić information content (AvgIpc) is 3.53. The molecule has 0 bridgehead atoms. The first-order chi connectivity index (χ1) is 18.2. The fraction of sp³-hybridized carbons (Fsp3) is 0.519. The number of carbonyl (C=O) groups is 2. The molecule has 3 aliphatic rings. The van der Waals surface area contributed by atoms with Crippen molar-refractivity contribution < 1.29 is 19.1 Å². The molecule has 9 nitrogen and oxygen atoms in total. The maximum Gasteiger partial charge on any atom is 0.251 e. The van der Waals surface area contributed by atoms with Crippen LogP contribution in [0.1, 0.15) is 48.7 Å². The summed E-state index contributed by atoms with van der Waals surface area (Å²) in [7, 11) is 0. The van der Waals surface area contributed by atoms with E-state index in [9.17, 15) is 9.59 Å². The molecule has 0 spiro atoms. The Hall–Kier alpha value is -2.95. The van der Waals surface area contributed by atoms with Crippen molar-refractivity contribution in [3.8, 4) is 5.75 Å². The molecule has 1 aliphatic carbocycles. The smallest absolute Gasteiger partial charge is 0.251 e. The molecule has 10 heteroatoms. The fourth-order valence-corrected chi connectivity index (χ4v) is 6.29. The predicted octanol–water partition coefficient (Wildman–Crippen LogP) is 2.30. The summed E-state index contributed by atoms with van der Waals surface area (Å²) in [6.45, 7) is 2.14. The summed E-state index contributed by atoms with van der Waals surface area (Å²) in [5, 5.41) is 9.53. The molecule has 1 aromatic heterocycles. The van der Waals surface area contributed by atoms with E-state index in [2.05, 4.69) is 15.6 Å². The summed E-state index contributed by atoms with van der Waals surface area (Å²) in [5.74, 6) is 0.556. The molecule has 2 aromatic rings.